The van der Waals surface area contributed by atoms with Crippen LogP contribution in [0, 0.1) is 6.92 Å². The molecular weight excluding hydrogens is 436 g/mol. The van der Waals surface area contributed by atoms with Gasteiger partial charge in [-0.15, -0.1) is 6.58 Å². The van der Waals surface area contributed by atoms with E-state index in [0.717, 1.165) is 23.1 Å². The lowest BCUT2D eigenvalue weighted by atomic mass is 9.92. The van der Waals surface area contributed by atoms with Crippen molar-refractivity contribution in [1.29, 1.82) is 0 Å². The number of carbonyl (C=O) groups excluding carboxylic acids is 2. The van der Waals surface area contributed by atoms with E-state index < -0.39 is 5.97 Å². The number of esters is 1. The topological polar surface area (TPSA) is 68.3 Å². The Labute approximate surface area is 204 Å². The first kappa shape index (κ1) is 22.5. The van der Waals surface area contributed by atoms with Crippen LogP contribution in [-0.4, -0.2) is 23.3 Å². The molecule has 5 rings (SSSR count). The summed E-state index contributed by atoms with van der Waals surface area (Å²) in [4.78, 5) is 31.3. The fraction of sp³-hybridized carbons (Fsp3) is 0.167. The van der Waals surface area contributed by atoms with Crippen LogP contribution in [0.15, 0.2) is 85.1 Å². The number of ether oxygens (including phenoxy) is 1. The smallest absolute Gasteiger partial charge is 0.340 e. The molecule has 1 aliphatic heterocycles. The number of anilines is 1. The van der Waals surface area contributed by atoms with Crippen molar-refractivity contribution in [3.8, 4) is 11.1 Å². The molecule has 0 radical (unpaired) electrons. The minimum atomic E-state index is -0.482. The Hall–Kier alpha value is -4.25. The summed E-state index contributed by atoms with van der Waals surface area (Å²) in [5.41, 5.74) is 6.31. The highest BCUT2D eigenvalue weighted by Gasteiger charge is 2.35. The number of pyridine rings is 1. The molecule has 3 aromatic rings. The zero-order valence-corrected chi connectivity index (χ0v) is 19.8. The van der Waals surface area contributed by atoms with Crippen molar-refractivity contribution in [2.45, 2.75) is 26.2 Å². The molecule has 1 N–H and O–H groups in total. The van der Waals surface area contributed by atoms with Gasteiger partial charge in [0.05, 0.1) is 29.1 Å². The van der Waals surface area contributed by atoms with Crippen LogP contribution in [0.1, 0.15) is 56.8 Å². The Balaban J connectivity index is 1.64. The van der Waals surface area contributed by atoms with Gasteiger partial charge >= 0.3 is 5.97 Å². The second kappa shape index (κ2) is 9.18. The minimum Gasteiger partial charge on any atom is -0.462 e. The molecule has 1 aliphatic carbocycles. The van der Waals surface area contributed by atoms with Gasteiger partial charge in [-0.05, 0) is 48.6 Å². The molecule has 0 amide bonds. The van der Waals surface area contributed by atoms with Gasteiger partial charge in [0.15, 0.2) is 0 Å². The quantitative estimate of drug-likeness (QED) is 0.258. The third-order valence-corrected chi connectivity index (χ3v) is 6.42. The number of hydrogen-bond acceptors (Lipinski definition) is 5. The SMILES string of the molecule is C=CCC1C=C(/C=C2\Nc3nc(C)c(C(=O)OCC)c(-c4ccccc4)c3C2=O)c2ccccc21. The van der Waals surface area contributed by atoms with Gasteiger partial charge < -0.3 is 10.1 Å². The Kier molecular flexibility index (Phi) is 5.91. The van der Waals surface area contributed by atoms with E-state index in [2.05, 4.69) is 35.1 Å². The molecule has 1 unspecified atom stereocenters. The van der Waals surface area contributed by atoms with Crippen molar-refractivity contribution in [2.75, 3.05) is 11.9 Å². The zero-order valence-electron chi connectivity index (χ0n) is 19.8. The molecule has 0 fully saturated rings. The molecule has 1 atom stereocenters. The lowest BCUT2D eigenvalue weighted by molar-refractivity contribution is 0.0526. The van der Waals surface area contributed by atoms with E-state index in [-0.39, 0.29) is 18.3 Å². The van der Waals surface area contributed by atoms with Gasteiger partial charge in [-0.25, -0.2) is 9.78 Å². The third-order valence-electron chi connectivity index (χ3n) is 6.42. The number of ketones is 1. The van der Waals surface area contributed by atoms with E-state index in [1.807, 2.05) is 54.6 Å². The average molecular weight is 463 g/mol. The second-order valence-corrected chi connectivity index (χ2v) is 8.61. The molecule has 0 bridgehead atoms. The zero-order chi connectivity index (χ0) is 24.5. The summed E-state index contributed by atoms with van der Waals surface area (Å²) in [5.74, 6) is 0.0109. The fourth-order valence-corrected chi connectivity index (χ4v) is 4.92. The summed E-state index contributed by atoms with van der Waals surface area (Å²) in [6.07, 6.45) is 6.81. The molecular formula is C30H26N2O3. The average Bonchev–Trinajstić information content (AvgIpc) is 3.36. The number of aryl methyl sites for hydroxylation is 1. The van der Waals surface area contributed by atoms with Gasteiger partial charge in [-0.1, -0.05) is 66.7 Å². The number of nitrogens with one attached hydrogen (secondary N) is 1. The van der Waals surface area contributed by atoms with Crippen molar-refractivity contribution < 1.29 is 14.3 Å². The number of nitrogens with zero attached hydrogens (tertiary/aromatic N) is 1. The van der Waals surface area contributed by atoms with E-state index >= 15 is 0 Å². The van der Waals surface area contributed by atoms with E-state index in [1.165, 1.54) is 5.56 Å². The number of fused-ring (bicyclic) bond motifs is 2. The van der Waals surface area contributed by atoms with Crippen LogP contribution >= 0.6 is 0 Å². The largest absolute Gasteiger partial charge is 0.462 e. The first-order valence-corrected chi connectivity index (χ1v) is 11.8. The maximum atomic E-state index is 13.8. The number of aromatic nitrogens is 1. The van der Waals surface area contributed by atoms with E-state index in [0.29, 0.717) is 33.9 Å². The predicted molar refractivity (Wildman–Crippen MR) is 138 cm³/mol. The molecule has 174 valence electrons. The van der Waals surface area contributed by atoms with E-state index in [1.54, 1.807) is 13.8 Å². The van der Waals surface area contributed by atoms with Crippen molar-refractivity contribution in [3.05, 3.63) is 113 Å². The maximum Gasteiger partial charge on any atom is 0.340 e. The number of hydrogen-bond donors (Lipinski definition) is 1. The third kappa shape index (κ3) is 3.89. The van der Waals surface area contributed by atoms with Crippen molar-refractivity contribution in [1.82, 2.24) is 4.98 Å². The molecule has 2 aliphatic rings. The fourth-order valence-electron chi connectivity index (χ4n) is 4.92. The van der Waals surface area contributed by atoms with Gasteiger partial charge in [-0.2, -0.15) is 0 Å². The Bertz CT molecular complexity index is 1420. The molecule has 0 spiro atoms. The summed E-state index contributed by atoms with van der Waals surface area (Å²) in [6.45, 7) is 7.65. The summed E-state index contributed by atoms with van der Waals surface area (Å²) >= 11 is 0. The van der Waals surface area contributed by atoms with Gasteiger partial charge in [0.2, 0.25) is 5.78 Å². The van der Waals surface area contributed by atoms with Crippen LogP contribution in [0.25, 0.3) is 16.7 Å². The first-order chi connectivity index (χ1) is 17.0. The molecule has 0 saturated heterocycles. The summed E-state index contributed by atoms with van der Waals surface area (Å²) in [7, 11) is 0. The molecule has 1 aromatic heterocycles. The molecule has 2 heterocycles. The van der Waals surface area contributed by atoms with Gasteiger partial charge in [0, 0.05) is 11.5 Å². The predicted octanol–water partition coefficient (Wildman–Crippen LogP) is 6.48. The monoisotopic (exact) mass is 462 g/mol. The Morgan fingerprint density at radius 2 is 1.86 bits per heavy atom. The minimum absolute atomic E-state index is 0.192. The summed E-state index contributed by atoms with van der Waals surface area (Å²) < 4.78 is 5.33. The number of Topliss-reactive ketones (excluding diaryl/α,β-unsaturated/α-hetero) is 1. The Morgan fingerprint density at radius 3 is 2.60 bits per heavy atom. The van der Waals surface area contributed by atoms with Gasteiger partial charge in [-0.3, -0.25) is 4.79 Å². The normalized spacial score (nSPS) is 17.0. The van der Waals surface area contributed by atoms with Crippen molar-refractivity contribution >= 4 is 23.1 Å². The highest BCUT2D eigenvalue weighted by atomic mass is 16.5. The van der Waals surface area contributed by atoms with Crippen LogP contribution < -0.4 is 5.32 Å². The summed E-state index contributed by atoms with van der Waals surface area (Å²) in [5, 5.41) is 3.23. The van der Waals surface area contributed by atoms with E-state index in [9.17, 15) is 9.59 Å². The molecule has 0 saturated carbocycles. The van der Waals surface area contributed by atoms with Crippen molar-refractivity contribution in [3.63, 3.8) is 0 Å². The number of carbonyl (C=O) groups is 2. The molecule has 2 aromatic carbocycles. The lowest BCUT2D eigenvalue weighted by Crippen LogP contribution is -2.13. The highest BCUT2D eigenvalue weighted by Crippen LogP contribution is 2.42. The molecule has 35 heavy (non-hydrogen) atoms. The second-order valence-electron chi connectivity index (χ2n) is 8.61. The van der Waals surface area contributed by atoms with Crippen LogP contribution in [0.2, 0.25) is 0 Å². The van der Waals surface area contributed by atoms with Crippen LogP contribution in [0.3, 0.4) is 0 Å². The van der Waals surface area contributed by atoms with Crippen LogP contribution in [0.4, 0.5) is 5.82 Å². The number of benzene rings is 2. The Morgan fingerprint density at radius 1 is 1.11 bits per heavy atom. The number of allylic oxidation sites excluding steroid dienone is 5. The van der Waals surface area contributed by atoms with Gasteiger partial charge in [0.1, 0.15) is 5.82 Å². The lowest BCUT2D eigenvalue weighted by Gasteiger charge is -2.14. The van der Waals surface area contributed by atoms with Crippen LogP contribution in [0.5, 0.6) is 0 Å². The molecule has 5 nitrogen and oxygen atoms in total. The van der Waals surface area contributed by atoms with Crippen molar-refractivity contribution in [2.24, 2.45) is 0 Å². The maximum absolute atomic E-state index is 13.8. The summed E-state index contributed by atoms with van der Waals surface area (Å²) in [6, 6.07) is 17.7. The first-order valence-electron chi connectivity index (χ1n) is 11.8. The van der Waals surface area contributed by atoms with E-state index in [4.69, 9.17) is 4.74 Å². The van der Waals surface area contributed by atoms with Gasteiger partial charge in [0.25, 0.3) is 0 Å². The molecule has 5 heteroatoms. The standard InChI is InChI=1S/C30H26N2O3/c1-4-11-20-16-21(23-15-10-9-14-22(20)23)17-24-28(33)27-26(19-12-7-6-8-13-19)25(30(34)35-5-2)18(3)31-29(27)32-24/h4,6-10,12-17,20H,1,5,11H2,2-3H3,(H,31,32)/b24-17-. The van der Waals surface area contributed by atoms with Crippen LogP contribution in [-0.2, 0) is 4.74 Å². The highest BCUT2D eigenvalue weighted by molar-refractivity contribution is 6.24. The number of rotatable bonds is 6.